The first kappa shape index (κ1) is 16.9. The number of amides is 1. The van der Waals surface area contributed by atoms with E-state index in [1.165, 1.54) is 11.8 Å². The minimum Gasteiger partial charge on any atom is -0.346 e. The van der Waals surface area contributed by atoms with Gasteiger partial charge in [0, 0.05) is 36.7 Å². The van der Waals surface area contributed by atoms with E-state index in [9.17, 15) is 4.79 Å². The van der Waals surface area contributed by atoms with Gasteiger partial charge in [0.05, 0.1) is 10.6 Å². The lowest BCUT2D eigenvalue weighted by molar-refractivity contribution is -0.112. The fourth-order valence-electron chi connectivity index (χ4n) is 2.34. The molecule has 3 radical (unpaired) electrons. The zero-order valence-electron chi connectivity index (χ0n) is 11.5. The minimum atomic E-state index is -0.0723. The first-order valence-electron chi connectivity index (χ1n) is 6.53. The Morgan fingerprint density at radius 1 is 1.13 bits per heavy atom. The molecule has 0 spiro atoms. The summed E-state index contributed by atoms with van der Waals surface area (Å²) in [5.41, 5.74) is 2.66. The highest BCUT2D eigenvalue weighted by Crippen LogP contribution is 2.38. The zero-order chi connectivity index (χ0) is 14.2. The van der Waals surface area contributed by atoms with E-state index in [2.05, 4.69) is 15.3 Å². The summed E-state index contributed by atoms with van der Waals surface area (Å²) in [5, 5.41) is 3.93. The fourth-order valence-corrected chi connectivity index (χ4v) is 3.28. The van der Waals surface area contributed by atoms with Gasteiger partial charge in [-0.3, -0.25) is 4.79 Å². The third-order valence-corrected chi connectivity index (χ3v) is 4.45. The number of nitrogens with zero attached hydrogens (tertiary/aromatic N) is 1. The van der Waals surface area contributed by atoms with Gasteiger partial charge in [0.1, 0.15) is 5.65 Å². The molecule has 2 aromatic heterocycles. The van der Waals surface area contributed by atoms with Gasteiger partial charge in [0.25, 0.3) is 5.91 Å². The molecule has 0 unspecified atom stereocenters. The predicted molar refractivity (Wildman–Crippen MR) is 97.5 cm³/mol. The summed E-state index contributed by atoms with van der Waals surface area (Å²) in [5.74, 6) is -0.0723. The van der Waals surface area contributed by atoms with Crippen LogP contribution in [0.2, 0.25) is 0 Å². The Balaban J connectivity index is 0.000000960. The van der Waals surface area contributed by atoms with Crippen LogP contribution in [0, 0.1) is 0 Å². The molecule has 0 saturated heterocycles. The Bertz CT molecular complexity index is 888. The number of H-pyrrole nitrogens is 1. The monoisotopic (exact) mass is 320 g/mol. The molecule has 23 heavy (non-hydrogen) atoms. The molecule has 1 aliphatic heterocycles. The van der Waals surface area contributed by atoms with Crippen LogP contribution in [0.1, 0.15) is 13.0 Å². The molecule has 1 aliphatic rings. The van der Waals surface area contributed by atoms with Crippen LogP contribution in [0.4, 0.5) is 5.69 Å². The van der Waals surface area contributed by atoms with Gasteiger partial charge in [-0.15, -0.1) is 0 Å². The third-order valence-electron chi connectivity index (χ3n) is 3.35. The van der Waals surface area contributed by atoms with E-state index in [0.29, 0.717) is 4.91 Å². The Hall–Kier alpha value is -2.47. The van der Waals surface area contributed by atoms with Crippen molar-refractivity contribution >= 4 is 48.9 Å². The Morgan fingerprint density at radius 2 is 1.96 bits per heavy atom. The molecule has 6 heteroatoms. The molecule has 4 nitrogen and oxygen atoms in total. The van der Waals surface area contributed by atoms with Gasteiger partial charge >= 0.3 is 0 Å². The van der Waals surface area contributed by atoms with E-state index in [-0.39, 0.29) is 21.7 Å². The second kappa shape index (κ2) is 6.75. The highest BCUT2D eigenvalue weighted by molar-refractivity contribution is 8.04. The number of benzene rings is 1. The molecule has 2 N–H and O–H groups in total. The number of nitrogens with one attached hydrogen (secondary N) is 2. The average Bonchev–Trinajstić information content (AvgIpc) is 2.91. The number of aromatic nitrogens is 2. The second-order valence-corrected chi connectivity index (χ2v) is 5.79. The number of carbonyl (C=O) groups is 1. The molecule has 0 bridgehead atoms. The van der Waals surface area contributed by atoms with Crippen molar-refractivity contribution in [3.8, 4) is 0 Å². The van der Waals surface area contributed by atoms with Crippen molar-refractivity contribution in [3.05, 3.63) is 59.3 Å². The molecule has 1 aromatic carbocycles. The van der Waals surface area contributed by atoms with E-state index in [1.807, 2.05) is 48.7 Å². The van der Waals surface area contributed by atoms with Gasteiger partial charge in [0.15, 0.2) is 0 Å². The SMILES string of the molecule is C.O=C1Nc2ccccc2SC1=Cc1c[nH]c2ncccc12.[B]. The van der Waals surface area contributed by atoms with E-state index < -0.39 is 0 Å². The van der Waals surface area contributed by atoms with E-state index in [1.54, 1.807) is 6.20 Å². The van der Waals surface area contributed by atoms with Crippen LogP contribution >= 0.6 is 11.8 Å². The second-order valence-electron chi connectivity index (χ2n) is 4.70. The van der Waals surface area contributed by atoms with Gasteiger partial charge < -0.3 is 10.3 Å². The first-order valence-corrected chi connectivity index (χ1v) is 7.35. The Morgan fingerprint density at radius 3 is 2.83 bits per heavy atom. The third kappa shape index (κ3) is 3.03. The van der Waals surface area contributed by atoms with Crippen LogP contribution in [-0.4, -0.2) is 24.3 Å². The largest absolute Gasteiger partial charge is 0.346 e. The highest BCUT2D eigenvalue weighted by atomic mass is 32.2. The van der Waals surface area contributed by atoms with Crippen LogP contribution in [0.3, 0.4) is 0 Å². The highest BCUT2D eigenvalue weighted by Gasteiger charge is 2.20. The standard InChI is InChI=1S/C16H11N3OS.CH4.B/c20-16-14(21-13-6-2-1-5-12(13)19-16)8-10-9-18-15-11(10)4-3-7-17-15;;/h1-9H,(H,17,18)(H,19,20);1H4;. The van der Waals surface area contributed by atoms with Crippen LogP contribution in [0.15, 0.2) is 58.6 Å². The maximum Gasteiger partial charge on any atom is 0.262 e. The van der Waals surface area contributed by atoms with Crippen LogP contribution in [-0.2, 0) is 4.79 Å². The average molecular weight is 320 g/mol. The van der Waals surface area contributed by atoms with Gasteiger partial charge in [0.2, 0.25) is 0 Å². The van der Waals surface area contributed by atoms with E-state index in [4.69, 9.17) is 0 Å². The summed E-state index contributed by atoms with van der Waals surface area (Å²) >= 11 is 1.49. The summed E-state index contributed by atoms with van der Waals surface area (Å²) in [7, 11) is 0. The molecule has 0 fully saturated rings. The van der Waals surface area contributed by atoms with Crippen molar-refractivity contribution in [2.75, 3.05) is 5.32 Å². The number of anilines is 1. The van der Waals surface area contributed by atoms with Gasteiger partial charge in [-0.2, -0.15) is 0 Å². The zero-order valence-corrected chi connectivity index (χ0v) is 12.4. The number of hydrogen-bond donors (Lipinski definition) is 2. The lowest BCUT2D eigenvalue weighted by atomic mass is 10.2. The fraction of sp³-hybridized carbons (Fsp3) is 0.0588. The maximum absolute atomic E-state index is 12.2. The molecule has 0 aliphatic carbocycles. The van der Waals surface area contributed by atoms with Crippen LogP contribution < -0.4 is 5.32 Å². The topological polar surface area (TPSA) is 57.8 Å². The van der Waals surface area contributed by atoms with E-state index >= 15 is 0 Å². The number of aromatic amines is 1. The van der Waals surface area contributed by atoms with Crippen LogP contribution in [0.25, 0.3) is 17.1 Å². The number of carbonyl (C=O) groups excluding carboxylic acids is 1. The molecular weight excluding hydrogens is 305 g/mol. The maximum atomic E-state index is 12.2. The minimum absolute atomic E-state index is 0. The van der Waals surface area contributed by atoms with E-state index in [0.717, 1.165) is 27.2 Å². The molecular formula is C17H15BN3OS. The summed E-state index contributed by atoms with van der Waals surface area (Å²) in [6, 6.07) is 11.7. The molecule has 0 saturated carbocycles. The Labute approximate surface area is 141 Å². The number of pyridine rings is 1. The summed E-state index contributed by atoms with van der Waals surface area (Å²) in [6.45, 7) is 0. The molecule has 1 amide bonds. The molecule has 113 valence electrons. The number of rotatable bonds is 1. The van der Waals surface area contributed by atoms with Gasteiger partial charge in [-0.25, -0.2) is 4.98 Å². The van der Waals surface area contributed by atoms with Crippen molar-refractivity contribution in [3.63, 3.8) is 0 Å². The Kier molecular flexibility index (Phi) is 4.96. The predicted octanol–water partition coefficient (Wildman–Crippen LogP) is 3.90. The summed E-state index contributed by atoms with van der Waals surface area (Å²) in [4.78, 5) is 21.3. The van der Waals surface area contributed by atoms with Gasteiger partial charge in [-0.1, -0.05) is 31.3 Å². The van der Waals surface area contributed by atoms with Crippen molar-refractivity contribution in [2.45, 2.75) is 12.3 Å². The normalized spacial score (nSPS) is 14.6. The summed E-state index contributed by atoms with van der Waals surface area (Å²) < 4.78 is 0. The lowest BCUT2D eigenvalue weighted by Gasteiger charge is -2.18. The van der Waals surface area contributed by atoms with Crippen molar-refractivity contribution in [1.29, 1.82) is 0 Å². The molecule has 3 aromatic rings. The molecule has 3 heterocycles. The smallest absolute Gasteiger partial charge is 0.262 e. The summed E-state index contributed by atoms with van der Waals surface area (Å²) in [6.07, 6.45) is 5.52. The van der Waals surface area contributed by atoms with Crippen molar-refractivity contribution < 1.29 is 4.79 Å². The number of para-hydroxylation sites is 1. The lowest BCUT2D eigenvalue weighted by Crippen LogP contribution is -2.16. The molecule has 0 atom stereocenters. The van der Waals surface area contributed by atoms with Gasteiger partial charge in [-0.05, 0) is 30.3 Å². The first-order chi connectivity index (χ1) is 10.3. The number of thioether (sulfide) groups is 1. The quantitative estimate of drug-likeness (QED) is 0.528. The number of fused-ring (bicyclic) bond motifs is 2. The number of hydrogen-bond acceptors (Lipinski definition) is 3. The van der Waals surface area contributed by atoms with Crippen LogP contribution in [0.5, 0.6) is 0 Å². The van der Waals surface area contributed by atoms with Crippen molar-refractivity contribution in [2.24, 2.45) is 0 Å². The van der Waals surface area contributed by atoms with Crippen molar-refractivity contribution in [1.82, 2.24) is 9.97 Å². The molecule has 4 rings (SSSR count).